The number of rotatable bonds is 8. The third kappa shape index (κ3) is 6.17. The minimum atomic E-state index is -4.84. The molecule has 12 heteroatoms. The third-order valence-corrected chi connectivity index (χ3v) is 9.07. The number of amides is 1. The number of hydrogen-bond donors (Lipinski definition) is 1. The summed E-state index contributed by atoms with van der Waals surface area (Å²) in [5, 5.41) is 9.57. The molecule has 4 fully saturated rings. The standard InChI is InChI=1S/C30H31ClF4N2O5/c31-18-9-21(13-23(10-18)42-30(33,34)35)41-22-11-19-5-6-20(12-22)37(19)15-17-8-26(32)25(14-24(17)16-3-4-16)28(38)36-7-1-2-27(36)29(39)40/h8-10,13-14,16,19-20,22,27H,1-7,11-12,15H2,(H,39,40)/t19-,20+,22+,27-/m0/s1. The summed E-state index contributed by atoms with van der Waals surface area (Å²) in [6.07, 6.45) is 0.927. The lowest BCUT2D eigenvalue weighted by Gasteiger charge is -2.39. The van der Waals surface area contributed by atoms with Gasteiger partial charge in [-0.05, 0) is 92.7 Å². The first-order valence-electron chi connectivity index (χ1n) is 14.3. The number of nitrogens with zero attached hydrogens (tertiary/aromatic N) is 2. The summed E-state index contributed by atoms with van der Waals surface area (Å²) in [5.41, 5.74) is 1.71. The molecule has 3 saturated heterocycles. The maximum absolute atomic E-state index is 15.5. The number of hydrogen-bond acceptors (Lipinski definition) is 5. The first kappa shape index (κ1) is 29.0. The number of ether oxygens (including phenoxy) is 2. The van der Waals surface area contributed by atoms with Crippen LogP contribution < -0.4 is 9.47 Å². The molecule has 6 rings (SSSR count). The lowest BCUT2D eigenvalue weighted by molar-refractivity contribution is -0.274. The largest absolute Gasteiger partial charge is 0.573 e. The van der Waals surface area contributed by atoms with Crippen molar-refractivity contribution in [3.63, 3.8) is 0 Å². The van der Waals surface area contributed by atoms with Crippen molar-refractivity contribution in [1.82, 2.24) is 9.80 Å². The number of aliphatic carboxylic acids is 1. The Kier molecular flexibility index (Phi) is 7.76. The molecule has 2 bridgehead atoms. The van der Waals surface area contributed by atoms with E-state index in [1.165, 1.54) is 23.1 Å². The molecule has 0 unspecified atom stereocenters. The minimum absolute atomic E-state index is 0.0701. The Hall–Kier alpha value is -3.05. The molecule has 1 amide bonds. The highest BCUT2D eigenvalue weighted by molar-refractivity contribution is 6.30. The Bertz CT molecular complexity index is 1370. The molecule has 3 aliphatic heterocycles. The van der Waals surface area contributed by atoms with Gasteiger partial charge in [-0.3, -0.25) is 9.69 Å². The summed E-state index contributed by atoms with van der Waals surface area (Å²) in [6.45, 7) is 0.809. The molecule has 2 aromatic rings. The molecule has 7 nitrogen and oxygen atoms in total. The Balaban J connectivity index is 1.16. The Morgan fingerprint density at radius 3 is 2.31 bits per heavy atom. The fourth-order valence-corrected chi connectivity index (χ4v) is 7.11. The summed E-state index contributed by atoms with van der Waals surface area (Å²) >= 11 is 6.01. The van der Waals surface area contributed by atoms with Crippen molar-refractivity contribution in [3.05, 3.63) is 57.9 Å². The van der Waals surface area contributed by atoms with Gasteiger partial charge >= 0.3 is 12.3 Å². The zero-order valence-corrected chi connectivity index (χ0v) is 23.5. The highest BCUT2D eigenvalue weighted by Gasteiger charge is 2.43. The number of fused-ring (bicyclic) bond motifs is 2. The minimum Gasteiger partial charge on any atom is -0.490 e. The topological polar surface area (TPSA) is 79.3 Å². The van der Waals surface area contributed by atoms with E-state index in [1.54, 1.807) is 6.07 Å². The predicted octanol–water partition coefficient (Wildman–Crippen LogP) is 6.52. The lowest BCUT2D eigenvalue weighted by atomic mass is 9.95. The average molecular weight is 611 g/mol. The van der Waals surface area contributed by atoms with E-state index in [0.29, 0.717) is 38.8 Å². The van der Waals surface area contributed by atoms with E-state index < -0.39 is 35.8 Å². The van der Waals surface area contributed by atoms with Crippen LogP contribution in [-0.2, 0) is 11.3 Å². The molecular weight excluding hydrogens is 580 g/mol. The molecule has 0 radical (unpaired) electrons. The van der Waals surface area contributed by atoms with Crippen LogP contribution in [0.2, 0.25) is 5.02 Å². The van der Waals surface area contributed by atoms with Crippen molar-refractivity contribution in [1.29, 1.82) is 0 Å². The molecule has 0 aromatic heterocycles. The van der Waals surface area contributed by atoms with Crippen LogP contribution in [0.4, 0.5) is 17.6 Å². The molecule has 42 heavy (non-hydrogen) atoms. The fraction of sp³-hybridized carbons (Fsp3) is 0.533. The molecule has 1 N–H and O–H groups in total. The quantitative estimate of drug-likeness (QED) is 0.343. The van der Waals surface area contributed by atoms with Crippen LogP contribution in [0, 0.1) is 5.82 Å². The van der Waals surface area contributed by atoms with Gasteiger partial charge in [0.1, 0.15) is 29.5 Å². The summed E-state index contributed by atoms with van der Waals surface area (Å²) in [6, 6.07) is 6.18. The monoisotopic (exact) mass is 610 g/mol. The molecule has 1 aliphatic carbocycles. The van der Waals surface area contributed by atoms with Crippen LogP contribution in [-0.4, -0.2) is 63.9 Å². The normalized spacial score (nSPS) is 26.0. The maximum Gasteiger partial charge on any atom is 0.573 e. The molecule has 3 heterocycles. The van der Waals surface area contributed by atoms with Crippen molar-refractivity contribution < 1.29 is 41.7 Å². The smallest absolute Gasteiger partial charge is 0.490 e. The highest BCUT2D eigenvalue weighted by atomic mass is 35.5. The van der Waals surface area contributed by atoms with Gasteiger partial charge in [0, 0.05) is 36.3 Å². The van der Waals surface area contributed by atoms with Crippen LogP contribution in [0.15, 0.2) is 30.3 Å². The molecule has 0 spiro atoms. The summed E-state index contributed by atoms with van der Waals surface area (Å²) in [4.78, 5) is 28.4. The van der Waals surface area contributed by atoms with Gasteiger partial charge in [0.25, 0.3) is 5.91 Å². The number of carbonyl (C=O) groups is 2. The second-order valence-electron chi connectivity index (χ2n) is 11.7. The average Bonchev–Trinajstić information content (AvgIpc) is 3.56. The van der Waals surface area contributed by atoms with Gasteiger partial charge < -0.3 is 19.5 Å². The number of carbonyl (C=O) groups excluding carboxylic acids is 1. The van der Waals surface area contributed by atoms with E-state index in [9.17, 15) is 27.9 Å². The number of carboxylic acids is 1. The van der Waals surface area contributed by atoms with Crippen LogP contribution in [0.5, 0.6) is 11.5 Å². The number of carboxylic acid groups (broad SMARTS) is 1. The van der Waals surface area contributed by atoms with Crippen molar-refractivity contribution in [2.24, 2.45) is 0 Å². The van der Waals surface area contributed by atoms with Gasteiger partial charge in [-0.25, -0.2) is 9.18 Å². The SMILES string of the molecule is O=C(O)[C@@H]1CCCN1C(=O)c1cc(C2CC2)c(CN2[C@@H]3CC[C@H]2C[C@@H](Oc2cc(Cl)cc(OC(F)(F)F)c2)C3)cc1F. The van der Waals surface area contributed by atoms with E-state index in [-0.39, 0.29) is 40.4 Å². The fourth-order valence-electron chi connectivity index (χ4n) is 6.89. The second-order valence-corrected chi connectivity index (χ2v) is 12.2. The van der Waals surface area contributed by atoms with Crippen molar-refractivity contribution in [2.45, 2.75) is 94.4 Å². The van der Waals surface area contributed by atoms with Gasteiger partial charge in [0.05, 0.1) is 5.56 Å². The van der Waals surface area contributed by atoms with Gasteiger partial charge in [0.2, 0.25) is 0 Å². The van der Waals surface area contributed by atoms with Gasteiger partial charge in [-0.1, -0.05) is 11.6 Å². The van der Waals surface area contributed by atoms with E-state index in [1.807, 2.05) is 0 Å². The molecule has 226 valence electrons. The first-order chi connectivity index (χ1) is 19.9. The zero-order valence-electron chi connectivity index (χ0n) is 22.7. The van der Waals surface area contributed by atoms with Crippen LogP contribution in [0.25, 0.3) is 0 Å². The number of piperidine rings is 1. The van der Waals surface area contributed by atoms with Crippen molar-refractivity contribution in [3.8, 4) is 11.5 Å². The number of likely N-dealkylation sites (tertiary alicyclic amines) is 1. The summed E-state index contributed by atoms with van der Waals surface area (Å²) in [5.74, 6) is -2.28. The Morgan fingerprint density at radius 1 is 0.976 bits per heavy atom. The summed E-state index contributed by atoms with van der Waals surface area (Å²) in [7, 11) is 0. The van der Waals surface area contributed by atoms with Crippen LogP contribution in [0.1, 0.15) is 78.8 Å². The van der Waals surface area contributed by atoms with E-state index in [0.717, 1.165) is 42.9 Å². The first-order valence-corrected chi connectivity index (χ1v) is 14.7. The van der Waals surface area contributed by atoms with E-state index in [4.69, 9.17) is 16.3 Å². The van der Waals surface area contributed by atoms with Gasteiger partial charge in [-0.15, -0.1) is 13.2 Å². The van der Waals surface area contributed by atoms with Crippen LogP contribution in [0.3, 0.4) is 0 Å². The van der Waals surface area contributed by atoms with E-state index >= 15 is 4.39 Å². The van der Waals surface area contributed by atoms with E-state index in [2.05, 4.69) is 9.64 Å². The highest BCUT2D eigenvalue weighted by Crippen LogP contribution is 2.45. The number of alkyl halides is 3. The number of benzene rings is 2. The molecule has 4 atom stereocenters. The third-order valence-electron chi connectivity index (χ3n) is 8.85. The Labute approximate surface area is 245 Å². The molecular formula is C30H31ClF4N2O5. The zero-order chi connectivity index (χ0) is 29.8. The summed E-state index contributed by atoms with van der Waals surface area (Å²) < 4.78 is 63.7. The Morgan fingerprint density at radius 2 is 1.67 bits per heavy atom. The van der Waals surface area contributed by atoms with Crippen LogP contribution >= 0.6 is 11.6 Å². The predicted molar refractivity (Wildman–Crippen MR) is 144 cm³/mol. The van der Waals surface area contributed by atoms with Gasteiger partial charge in [-0.2, -0.15) is 0 Å². The molecule has 4 aliphatic rings. The van der Waals surface area contributed by atoms with Gasteiger partial charge in [0.15, 0.2) is 0 Å². The number of halogens is 5. The lowest BCUT2D eigenvalue weighted by Crippen LogP contribution is -2.46. The maximum atomic E-state index is 15.5. The second kappa shape index (κ2) is 11.2. The van der Waals surface area contributed by atoms with Crippen molar-refractivity contribution >= 4 is 23.5 Å². The molecule has 2 aromatic carbocycles. The van der Waals surface area contributed by atoms with Crippen molar-refractivity contribution in [2.75, 3.05) is 6.54 Å². The molecule has 1 saturated carbocycles.